The van der Waals surface area contributed by atoms with Crippen molar-refractivity contribution in [1.82, 2.24) is 14.6 Å². The van der Waals surface area contributed by atoms with Gasteiger partial charge in [0.05, 0.1) is 24.7 Å². The van der Waals surface area contributed by atoms with Crippen molar-refractivity contribution >= 4 is 12.1 Å². The Labute approximate surface area is 165 Å². The number of benzene rings is 1. The van der Waals surface area contributed by atoms with Crippen LogP contribution in [0.25, 0.3) is 11.3 Å². The molecule has 0 bridgehead atoms. The van der Waals surface area contributed by atoms with E-state index >= 15 is 0 Å². The summed E-state index contributed by atoms with van der Waals surface area (Å²) in [5.74, 6) is -2.60. The van der Waals surface area contributed by atoms with Gasteiger partial charge in [-0.2, -0.15) is 5.10 Å². The molecule has 0 aliphatic carbocycles. The summed E-state index contributed by atoms with van der Waals surface area (Å²) >= 11 is 0. The highest BCUT2D eigenvalue weighted by atomic mass is 19.1. The molecule has 1 fully saturated rings. The molecule has 2 aromatic rings. The molecule has 2 aliphatic rings. The van der Waals surface area contributed by atoms with Gasteiger partial charge in [-0.3, -0.25) is 9.59 Å². The third-order valence-corrected chi connectivity index (χ3v) is 5.09. The van der Waals surface area contributed by atoms with Crippen LogP contribution >= 0.6 is 0 Å². The van der Waals surface area contributed by atoms with E-state index in [1.807, 2.05) is 0 Å². The van der Waals surface area contributed by atoms with E-state index in [-0.39, 0.29) is 24.7 Å². The largest absolute Gasteiger partial charge is 0.383 e. The van der Waals surface area contributed by atoms with E-state index in [4.69, 9.17) is 14.2 Å². The fourth-order valence-corrected chi connectivity index (χ4v) is 3.49. The first-order chi connectivity index (χ1) is 13.9. The van der Waals surface area contributed by atoms with E-state index in [2.05, 4.69) is 10.1 Å². The number of ether oxygens (including phenoxy) is 3. The third-order valence-electron chi connectivity index (χ3n) is 5.09. The zero-order valence-electron chi connectivity index (χ0n) is 16.1. The van der Waals surface area contributed by atoms with Crippen LogP contribution in [0.1, 0.15) is 5.69 Å². The molecule has 0 radical (unpaired) electrons. The van der Waals surface area contributed by atoms with E-state index in [9.17, 15) is 14.0 Å². The molecule has 4 rings (SSSR count). The van der Waals surface area contributed by atoms with Crippen LogP contribution in [0.5, 0.6) is 0 Å². The van der Waals surface area contributed by atoms with Crippen molar-refractivity contribution in [3.8, 4) is 11.3 Å². The Morgan fingerprint density at radius 3 is 2.59 bits per heavy atom. The monoisotopic (exact) mass is 402 g/mol. The molecule has 1 aromatic heterocycles. The smallest absolute Gasteiger partial charge is 0.306 e. The first kappa shape index (κ1) is 19.4. The number of carbonyl (C=O) groups is 1. The van der Waals surface area contributed by atoms with Crippen molar-refractivity contribution in [2.24, 2.45) is 5.10 Å². The van der Waals surface area contributed by atoms with Crippen LogP contribution < -0.4 is 5.56 Å². The van der Waals surface area contributed by atoms with Gasteiger partial charge in [-0.1, -0.05) is 0 Å². The molecule has 1 amide bonds. The predicted octanol–water partition coefficient (Wildman–Crippen LogP) is 0.722. The van der Waals surface area contributed by atoms with E-state index < -0.39 is 22.9 Å². The number of likely N-dealkylation sites (N-methyl/N-ethyl adjacent to an activating group) is 1. The van der Waals surface area contributed by atoms with Crippen LogP contribution in [0.15, 0.2) is 40.4 Å². The van der Waals surface area contributed by atoms with Crippen LogP contribution in [-0.2, 0) is 31.2 Å². The fourth-order valence-electron chi connectivity index (χ4n) is 3.49. The van der Waals surface area contributed by atoms with E-state index in [0.717, 1.165) is 5.01 Å². The number of rotatable bonds is 6. The Hall–Kier alpha value is -2.95. The second kappa shape index (κ2) is 6.83. The standard InChI is InChI=1S/C19H19FN4O5/c1-23-17(26)19(28-3)18(29-19,11-22-23)15-16(25)24(8-9-27-2)14(10-21-15)12-4-6-13(20)7-5-12/h4-7,10-11H,8-9H2,1-3H3. The summed E-state index contributed by atoms with van der Waals surface area (Å²) in [5.41, 5.74) is -0.914. The van der Waals surface area contributed by atoms with Crippen molar-refractivity contribution in [1.29, 1.82) is 0 Å². The first-order valence-corrected chi connectivity index (χ1v) is 8.84. The van der Waals surface area contributed by atoms with Gasteiger partial charge in [-0.05, 0) is 24.3 Å². The SMILES string of the molecule is COCCn1c(-c2ccc(F)cc2)cnc(C23C=NN(C)C(=O)C2(OC)O3)c1=O. The lowest BCUT2D eigenvalue weighted by molar-refractivity contribution is -0.153. The molecular weight excluding hydrogens is 383 g/mol. The number of fused-ring (bicyclic) bond motifs is 1. The van der Waals surface area contributed by atoms with Crippen LogP contribution in [0.3, 0.4) is 0 Å². The van der Waals surface area contributed by atoms with Gasteiger partial charge in [-0.15, -0.1) is 0 Å². The van der Waals surface area contributed by atoms with Crippen LogP contribution in [0.4, 0.5) is 4.39 Å². The Morgan fingerprint density at radius 1 is 1.21 bits per heavy atom. The molecule has 152 valence electrons. The zero-order chi connectivity index (χ0) is 20.8. The van der Waals surface area contributed by atoms with Gasteiger partial charge >= 0.3 is 5.91 Å². The zero-order valence-corrected chi connectivity index (χ0v) is 16.1. The summed E-state index contributed by atoms with van der Waals surface area (Å²) in [7, 11) is 4.31. The van der Waals surface area contributed by atoms with E-state index in [1.54, 1.807) is 12.1 Å². The minimum atomic E-state index is -1.67. The van der Waals surface area contributed by atoms with Gasteiger partial charge in [-0.25, -0.2) is 14.4 Å². The fraction of sp³-hybridized carbons (Fsp3) is 0.368. The van der Waals surface area contributed by atoms with Crippen LogP contribution in [-0.4, -0.2) is 60.3 Å². The highest BCUT2D eigenvalue weighted by Crippen LogP contribution is 2.56. The average molecular weight is 402 g/mol. The molecule has 2 aliphatic heterocycles. The maximum absolute atomic E-state index is 13.4. The Kier molecular flexibility index (Phi) is 4.56. The quantitative estimate of drug-likeness (QED) is 0.661. The Bertz CT molecular complexity index is 1050. The number of methoxy groups -OCH3 is 2. The lowest BCUT2D eigenvalue weighted by Crippen LogP contribution is -2.48. The number of nitrogens with zero attached hydrogens (tertiary/aromatic N) is 4. The molecule has 0 spiro atoms. The molecule has 3 heterocycles. The van der Waals surface area contributed by atoms with Crippen molar-refractivity contribution in [2.75, 3.05) is 27.9 Å². The number of amides is 1. The molecular formula is C19H19FN4O5. The van der Waals surface area contributed by atoms with E-state index in [1.165, 1.54) is 50.4 Å². The number of hydrogen-bond acceptors (Lipinski definition) is 7. The second-order valence-corrected chi connectivity index (χ2v) is 6.68. The highest BCUT2D eigenvalue weighted by molar-refractivity contribution is 5.99. The summed E-state index contributed by atoms with van der Waals surface area (Å²) in [6.45, 7) is 0.481. The van der Waals surface area contributed by atoms with Crippen molar-refractivity contribution < 1.29 is 23.4 Å². The van der Waals surface area contributed by atoms with Crippen molar-refractivity contribution in [2.45, 2.75) is 17.9 Å². The van der Waals surface area contributed by atoms with Crippen LogP contribution in [0.2, 0.25) is 0 Å². The number of carbonyl (C=O) groups excluding carboxylic acids is 1. The molecule has 0 N–H and O–H groups in total. The lowest BCUT2D eigenvalue weighted by Gasteiger charge is -2.23. The minimum Gasteiger partial charge on any atom is -0.383 e. The van der Waals surface area contributed by atoms with E-state index in [0.29, 0.717) is 11.3 Å². The Morgan fingerprint density at radius 2 is 1.93 bits per heavy atom. The lowest BCUT2D eigenvalue weighted by atomic mass is 9.97. The van der Waals surface area contributed by atoms with Gasteiger partial charge in [0.25, 0.3) is 11.3 Å². The molecule has 10 heteroatoms. The molecule has 29 heavy (non-hydrogen) atoms. The topological polar surface area (TPSA) is 98.6 Å². The number of epoxide rings is 1. The predicted molar refractivity (Wildman–Crippen MR) is 99.5 cm³/mol. The normalized spacial score (nSPS) is 25.2. The number of hydrogen-bond donors (Lipinski definition) is 0. The molecule has 1 saturated heterocycles. The maximum Gasteiger partial charge on any atom is 0.306 e. The average Bonchev–Trinajstić information content (AvgIpc) is 3.42. The molecule has 2 unspecified atom stereocenters. The second-order valence-electron chi connectivity index (χ2n) is 6.68. The number of aromatic nitrogens is 2. The Balaban J connectivity index is 1.87. The molecule has 9 nitrogen and oxygen atoms in total. The summed E-state index contributed by atoms with van der Waals surface area (Å²) in [6.07, 6.45) is 2.83. The van der Waals surface area contributed by atoms with Gasteiger partial charge in [0.15, 0.2) is 0 Å². The van der Waals surface area contributed by atoms with Gasteiger partial charge in [0.1, 0.15) is 11.5 Å². The van der Waals surface area contributed by atoms with Crippen molar-refractivity contribution in [3.63, 3.8) is 0 Å². The third kappa shape index (κ3) is 2.71. The van der Waals surface area contributed by atoms with Crippen LogP contribution in [0, 0.1) is 5.82 Å². The first-order valence-electron chi connectivity index (χ1n) is 8.84. The minimum absolute atomic E-state index is 0.0217. The van der Waals surface area contributed by atoms with Crippen molar-refractivity contribution in [3.05, 3.63) is 52.3 Å². The number of halogens is 1. The van der Waals surface area contributed by atoms with Gasteiger partial charge < -0.3 is 18.8 Å². The number of hydrazone groups is 1. The molecule has 2 atom stereocenters. The molecule has 1 aromatic carbocycles. The summed E-state index contributed by atoms with van der Waals surface area (Å²) in [4.78, 5) is 30.2. The maximum atomic E-state index is 13.4. The summed E-state index contributed by atoms with van der Waals surface area (Å²) in [6, 6.07) is 5.71. The van der Waals surface area contributed by atoms with Gasteiger partial charge in [0.2, 0.25) is 5.60 Å². The summed E-state index contributed by atoms with van der Waals surface area (Å²) in [5, 5.41) is 5.09. The highest BCUT2D eigenvalue weighted by Gasteiger charge is 2.81. The summed E-state index contributed by atoms with van der Waals surface area (Å²) < 4.78 is 30.9. The van der Waals surface area contributed by atoms with Gasteiger partial charge in [0, 0.05) is 33.4 Å². The molecule has 0 saturated carbocycles.